The smallest absolute Gasteiger partial charge is 0.330 e. The van der Waals surface area contributed by atoms with Crippen LogP contribution in [0.15, 0.2) is 24.3 Å². The molecule has 0 spiro atoms. The number of hydrogen-bond acceptors (Lipinski definition) is 8. The van der Waals surface area contributed by atoms with Crippen LogP contribution in [0.3, 0.4) is 0 Å². The third-order valence-electron chi connectivity index (χ3n) is 2.33. The number of hydrazine groups is 1. The van der Waals surface area contributed by atoms with E-state index in [0.29, 0.717) is 11.5 Å². The number of hydrogen-bond donors (Lipinski definition) is 2. The Morgan fingerprint density at radius 1 is 1.05 bits per heavy atom. The number of anilines is 1. The molecular formula is C13H17N5O3. The fraction of sp³-hybridized carbons (Fsp3) is 0.308. The van der Waals surface area contributed by atoms with Crippen molar-refractivity contribution in [2.75, 3.05) is 12.5 Å². The van der Waals surface area contributed by atoms with Crippen molar-refractivity contribution in [2.45, 2.75) is 20.0 Å². The number of benzene rings is 1. The molecule has 1 aromatic carbocycles. The van der Waals surface area contributed by atoms with E-state index in [-0.39, 0.29) is 24.1 Å². The van der Waals surface area contributed by atoms with Crippen LogP contribution in [-0.2, 0) is 0 Å². The lowest BCUT2D eigenvalue weighted by molar-refractivity contribution is 0.218. The lowest BCUT2D eigenvalue weighted by Gasteiger charge is -2.11. The molecule has 0 aliphatic carbocycles. The summed E-state index contributed by atoms with van der Waals surface area (Å²) in [6, 6.07) is 7.33. The van der Waals surface area contributed by atoms with Gasteiger partial charge in [-0.1, -0.05) is 12.1 Å². The maximum Gasteiger partial charge on any atom is 0.330 e. The summed E-state index contributed by atoms with van der Waals surface area (Å²) >= 11 is 0. The molecule has 8 nitrogen and oxygen atoms in total. The first kappa shape index (κ1) is 14.8. The Morgan fingerprint density at radius 3 is 2.33 bits per heavy atom. The van der Waals surface area contributed by atoms with Gasteiger partial charge in [-0.05, 0) is 26.0 Å². The van der Waals surface area contributed by atoms with Crippen LogP contribution in [0.5, 0.6) is 23.5 Å². The Labute approximate surface area is 122 Å². The second kappa shape index (κ2) is 6.71. The minimum atomic E-state index is -0.0860. The number of nitrogen functional groups attached to an aromatic ring is 1. The fourth-order valence-electron chi connectivity index (χ4n) is 1.51. The number of aromatic nitrogens is 3. The van der Waals surface area contributed by atoms with Crippen LogP contribution < -0.4 is 25.5 Å². The zero-order valence-corrected chi connectivity index (χ0v) is 12.0. The molecular weight excluding hydrogens is 274 g/mol. The van der Waals surface area contributed by atoms with E-state index < -0.39 is 0 Å². The Morgan fingerprint density at radius 2 is 1.71 bits per heavy atom. The number of methoxy groups -OCH3 is 1. The molecule has 3 N–H and O–H groups in total. The van der Waals surface area contributed by atoms with Crippen LogP contribution in [0.2, 0.25) is 0 Å². The highest BCUT2D eigenvalue weighted by atomic mass is 16.5. The summed E-state index contributed by atoms with van der Waals surface area (Å²) in [5.74, 6) is 6.51. The van der Waals surface area contributed by atoms with Gasteiger partial charge in [0.15, 0.2) is 11.5 Å². The first-order valence-electron chi connectivity index (χ1n) is 6.32. The summed E-state index contributed by atoms with van der Waals surface area (Å²) < 4.78 is 16.2. The molecule has 2 rings (SSSR count). The molecule has 1 heterocycles. The molecule has 0 unspecified atom stereocenters. The van der Waals surface area contributed by atoms with Gasteiger partial charge in [-0.25, -0.2) is 5.84 Å². The molecule has 21 heavy (non-hydrogen) atoms. The molecule has 0 bridgehead atoms. The summed E-state index contributed by atoms with van der Waals surface area (Å²) in [7, 11) is 1.55. The monoisotopic (exact) mass is 291 g/mol. The maximum absolute atomic E-state index is 5.60. The van der Waals surface area contributed by atoms with E-state index in [9.17, 15) is 0 Å². The minimum Gasteiger partial charge on any atom is -0.493 e. The zero-order valence-electron chi connectivity index (χ0n) is 12.0. The van der Waals surface area contributed by atoms with Crippen LogP contribution >= 0.6 is 0 Å². The van der Waals surface area contributed by atoms with Crippen molar-refractivity contribution in [2.24, 2.45) is 5.84 Å². The zero-order chi connectivity index (χ0) is 15.2. The van der Waals surface area contributed by atoms with Crippen LogP contribution in [0.1, 0.15) is 13.8 Å². The normalized spacial score (nSPS) is 10.3. The molecule has 8 heteroatoms. The predicted molar refractivity (Wildman–Crippen MR) is 76.5 cm³/mol. The Hall–Kier alpha value is -2.61. The number of para-hydroxylation sites is 2. The molecule has 0 aliphatic rings. The molecule has 0 amide bonds. The SMILES string of the molecule is COc1ccccc1Oc1nc(NN)nc(OC(C)C)n1. The van der Waals surface area contributed by atoms with Gasteiger partial charge >= 0.3 is 12.0 Å². The fourth-order valence-corrected chi connectivity index (χ4v) is 1.51. The number of nitrogens with one attached hydrogen (secondary N) is 1. The lowest BCUT2D eigenvalue weighted by atomic mass is 10.3. The summed E-state index contributed by atoms with van der Waals surface area (Å²) in [5, 5.41) is 0. The third kappa shape index (κ3) is 3.93. The molecule has 2 aromatic rings. The molecule has 0 saturated heterocycles. The second-order valence-corrected chi connectivity index (χ2v) is 4.29. The van der Waals surface area contributed by atoms with Crippen LogP contribution in [0.4, 0.5) is 5.95 Å². The van der Waals surface area contributed by atoms with Crippen molar-refractivity contribution in [1.82, 2.24) is 15.0 Å². The van der Waals surface area contributed by atoms with Crippen molar-refractivity contribution in [1.29, 1.82) is 0 Å². The molecule has 0 aliphatic heterocycles. The minimum absolute atomic E-state index is 0.0538. The maximum atomic E-state index is 5.60. The van der Waals surface area contributed by atoms with Gasteiger partial charge in [0.2, 0.25) is 5.95 Å². The van der Waals surface area contributed by atoms with Gasteiger partial charge in [0.25, 0.3) is 0 Å². The topological polar surface area (TPSA) is 104 Å². The molecule has 0 atom stereocenters. The highest BCUT2D eigenvalue weighted by molar-refractivity contribution is 5.41. The van der Waals surface area contributed by atoms with Crippen molar-refractivity contribution >= 4 is 5.95 Å². The van der Waals surface area contributed by atoms with E-state index in [4.69, 9.17) is 20.1 Å². The lowest BCUT2D eigenvalue weighted by Crippen LogP contribution is -2.15. The quantitative estimate of drug-likeness (QED) is 0.612. The summed E-state index contributed by atoms with van der Waals surface area (Å²) in [4.78, 5) is 12.1. The van der Waals surface area contributed by atoms with Gasteiger partial charge in [0, 0.05) is 0 Å². The van der Waals surface area contributed by atoms with Crippen molar-refractivity contribution in [3.8, 4) is 23.5 Å². The average Bonchev–Trinajstić information content (AvgIpc) is 2.46. The van der Waals surface area contributed by atoms with Gasteiger partial charge in [-0.2, -0.15) is 9.97 Å². The molecule has 112 valence electrons. The largest absolute Gasteiger partial charge is 0.493 e. The van der Waals surface area contributed by atoms with E-state index in [0.717, 1.165) is 0 Å². The number of ether oxygens (including phenoxy) is 3. The van der Waals surface area contributed by atoms with Crippen molar-refractivity contribution in [3.05, 3.63) is 24.3 Å². The van der Waals surface area contributed by atoms with Gasteiger partial charge in [0.05, 0.1) is 13.2 Å². The Kier molecular flexibility index (Phi) is 4.72. The van der Waals surface area contributed by atoms with E-state index in [1.54, 1.807) is 19.2 Å². The average molecular weight is 291 g/mol. The van der Waals surface area contributed by atoms with E-state index in [2.05, 4.69) is 20.4 Å². The first-order chi connectivity index (χ1) is 10.1. The highest BCUT2D eigenvalue weighted by Crippen LogP contribution is 2.30. The molecule has 0 radical (unpaired) electrons. The number of rotatable bonds is 6. The van der Waals surface area contributed by atoms with E-state index >= 15 is 0 Å². The molecule has 0 saturated carbocycles. The van der Waals surface area contributed by atoms with E-state index in [1.807, 2.05) is 26.0 Å². The van der Waals surface area contributed by atoms with Gasteiger partial charge < -0.3 is 14.2 Å². The number of nitrogens with two attached hydrogens (primary N) is 1. The van der Waals surface area contributed by atoms with Gasteiger partial charge in [0.1, 0.15) is 0 Å². The predicted octanol–water partition coefficient (Wildman–Crippen LogP) is 1.75. The third-order valence-corrected chi connectivity index (χ3v) is 2.33. The summed E-state index contributed by atoms with van der Waals surface area (Å²) in [5.41, 5.74) is 2.34. The number of nitrogens with zero attached hydrogens (tertiary/aromatic N) is 3. The molecule has 1 aromatic heterocycles. The van der Waals surface area contributed by atoms with Crippen molar-refractivity contribution < 1.29 is 14.2 Å². The van der Waals surface area contributed by atoms with Crippen LogP contribution in [0, 0.1) is 0 Å². The standard InChI is InChI=1S/C13H17N5O3/c1-8(2)20-12-15-11(18-14)16-13(17-12)21-10-7-5-4-6-9(10)19-3/h4-8H,14H2,1-3H3,(H,15,16,17,18). The van der Waals surface area contributed by atoms with Gasteiger partial charge in [-0.3, -0.25) is 5.43 Å². The van der Waals surface area contributed by atoms with Crippen LogP contribution in [0.25, 0.3) is 0 Å². The first-order valence-corrected chi connectivity index (χ1v) is 6.32. The van der Waals surface area contributed by atoms with E-state index in [1.165, 1.54) is 0 Å². The van der Waals surface area contributed by atoms with Crippen molar-refractivity contribution in [3.63, 3.8) is 0 Å². The Balaban J connectivity index is 2.30. The summed E-state index contributed by atoms with van der Waals surface area (Å²) in [6.07, 6.45) is -0.0860. The molecule has 0 fully saturated rings. The van der Waals surface area contributed by atoms with Gasteiger partial charge in [-0.15, -0.1) is 4.98 Å². The Bertz CT molecular complexity index is 606. The summed E-state index contributed by atoms with van der Waals surface area (Å²) in [6.45, 7) is 3.72. The second-order valence-electron chi connectivity index (χ2n) is 4.29. The highest BCUT2D eigenvalue weighted by Gasteiger charge is 2.12. The van der Waals surface area contributed by atoms with Crippen LogP contribution in [-0.4, -0.2) is 28.2 Å².